The van der Waals surface area contributed by atoms with E-state index in [1.807, 2.05) is 12.1 Å². The van der Waals surface area contributed by atoms with Gasteiger partial charge in [-0.2, -0.15) is 5.26 Å². The molecule has 0 fully saturated rings. The van der Waals surface area contributed by atoms with E-state index in [-0.39, 0.29) is 0 Å². The van der Waals surface area contributed by atoms with Crippen LogP contribution in [0.2, 0.25) is 0 Å². The second-order valence-electron chi connectivity index (χ2n) is 4.50. The Hall–Kier alpha value is -2.47. The second kappa shape index (κ2) is 6.63. The number of hydrogen-bond acceptors (Lipinski definition) is 3. The van der Waals surface area contributed by atoms with Crippen LogP contribution >= 0.6 is 0 Å². The van der Waals surface area contributed by atoms with Crippen LogP contribution in [0.15, 0.2) is 42.5 Å². The zero-order valence-corrected chi connectivity index (χ0v) is 11.8. The number of nitrogens with one attached hydrogen (secondary N) is 1. The maximum absolute atomic E-state index is 8.90. The van der Waals surface area contributed by atoms with E-state index >= 15 is 0 Å². The summed E-state index contributed by atoms with van der Waals surface area (Å²) in [5.41, 5.74) is 4.12. The lowest BCUT2D eigenvalue weighted by molar-refractivity contribution is 0.416. The summed E-state index contributed by atoms with van der Waals surface area (Å²) in [6.07, 6.45) is 1.02. The predicted octanol–water partition coefficient (Wildman–Crippen LogP) is 3.74. The summed E-state index contributed by atoms with van der Waals surface area (Å²) in [6.45, 7) is 2.90. The quantitative estimate of drug-likeness (QED) is 0.896. The van der Waals surface area contributed by atoms with Gasteiger partial charge < -0.3 is 10.1 Å². The molecule has 0 aliphatic heterocycles. The highest BCUT2D eigenvalue weighted by Gasteiger charge is 2.05. The highest BCUT2D eigenvalue weighted by Crippen LogP contribution is 2.26. The molecule has 0 amide bonds. The SMILES string of the molecule is CCc1ccccc1CNc1ccc(C#N)cc1OC. The number of nitrogens with zero attached hydrogens (tertiary/aromatic N) is 1. The minimum Gasteiger partial charge on any atom is -0.495 e. The van der Waals surface area contributed by atoms with E-state index in [9.17, 15) is 0 Å². The Morgan fingerprint density at radius 3 is 2.55 bits per heavy atom. The fourth-order valence-corrected chi connectivity index (χ4v) is 2.17. The van der Waals surface area contributed by atoms with Crippen LogP contribution in [0.3, 0.4) is 0 Å². The summed E-state index contributed by atoms with van der Waals surface area (Å²) in [6, 6.07) is 15.9. The molecule has 2 rings (SSSR count). The summed E-state index contributed by atoms with van der Waals surface area (Å²) < 4.78 is 5.32. The van der Waals surface area contributed by atoms with Crippen molar-refractivity contribution in [3.05, 3.63) is 59.2 Å². The van der Waals surface area contributed by atoms with Gasteiger partial charge >= 0.3 is 0 Å². The van der Waals surface area contributed by atoms with Gasteiger partial charge in [-0.25, -0.2) is 0 Å². The van der Waals surface area contributed by atoms with E-state index < -0.39 is 0 Å². The molecule has 20 heavy (non-hydrogen) atoms. The lowest BCUT2D eigenvalue weighted by Crippen LogP contribution is -2.04. The van der Waals surface area contributed by atoms with Gasteiger partial charge in [0.1, 0.15) is 5.75 Å². The molecule has 0 bridgehead atoms. The van der Waals surface area contributed by atoms with E-state index in [2.05, 4.69) is 36.5 Å². The molecule has 0 aliphatic carbocycles. The number of ether oxygens (including phenoxy) is 1. The fourth-order valence-electron chi connectivity index (χ4n) is 2.17. The van der Waals surface area contributed by atoms with Gasteiger partial charge in [-0.3, -0.25) is 0 Å². The molecule has 102 valence electrons. The van der Waals surface area contributed by atoms with Crippen molar-refractivity contribution < 1.29 is 4.74 Å². The van der Waals surface area contributed by atoms with Gasteiger partial charge in [0.15, 0.2) is 0 Å². The zero-order chi connectivity index (χ0) is 14.4. The number of rotatable bonds is 5. The maximum atomic E-state index is 8.90. The maximum Gasteiger partial charge on any atom is 0.143 e. The average Bonchev–Trinajstić information content (AvgIpc) is 2.52. The fraction of sp³-hybridized carbons (Fsp3) is 0.235. The summed E-state index contributed by atoms with van der Waals surface area (Å²) in [5.74, 6) is 0.693. The molecular weight excluding hydrogens is 248 g/mol. The third kappa shape index (κ3) is 3.10. The molecule has 3 nitrogen and oxygen atoms in total. The third-order valence-electron chi connectivity index (χ3n) is 3.30. The Balaban J connectivity index is 2.17. The Bertz CT molecular complexity index is 629. The minimum absolute atomic E-state index is 0.598. The van der Waals surface area contributed by atoms with E-state index in [1.165, 1.54) is 11.1 Å². The lowest BCUT2D eigenvalue weighted by Gasteiger charge is -2.13. The first-order valence-corrected chi connectivity index (χ1v) is 6.67. The molecule has 0 unspecified atom stereocenters. The topological polar surface area (TPSA) is 45.0 Å². The van der Waals surface area contributed by atoms with Crippen molar-refractivity contribution in [3.8, 4) is 11.8 Å². The van der Waals surface area contributed by atoms with Crippen LogP contribution in [0, 0.1) is 11.3 Å². The van der Waals surface area contributed by atoms with Crippen molar-refractivity contribution >= 4 is 5.69 Å². The van der Waals surface area contributed by atoms with Gasteiger partial charge in [-0.1, -0.05) is 31.2 Å². The molecule has 2 aromatic carbocycles. The lowest BCUT2D eigenvalue weighted by atomic mass is 10.1. The monoisotopic (exact) mass is 266 g/mol. The Labute approximate surface area is 119 Å². The van der Waals surface area contributed by atoms with Crippen molar-refractivity contribution in [2.45, 2.75) is 19.9 Å². The van der Waals surface area contributed by atoms with Crippen LogP contribution in [-0.2, 0) is 13.0 Å². The second-order valence-corrected chi connectivity index (χ2v) is 4.50. The molecule has 2 aromatic rings. The van der Waals surface area contributed by atoms with Gasteiger partial charge in [0, 0.05) is 12.6 Å². The van der Waals surface area contributed by atoms with Gasteiger partial charge in [0.05, 0.1) is 24.4 Å². The number of hydrogen-bond donors (Lipinski definition) is 1. The highest BCUT2D eigenvalue weighted by molar-refractivity contribution is 5.59. The zero-order valence-electron chi connectivity index (χ0n) is 11.8. The van der Waals surface area contributed by atoms with Crippen molar-refractivity contribution in [2.24, 2.45) is 0 Å². The largest absolute Gasteiger partial charge is 0.495 e. The van der Waals surface area contributed by atoms with Crippen LogP contribution in [-0.4, -0.2) is 7.11 Å². The summed E-state index contributed by atoms with van der Waals surface area (Å²) >= 11 is 0. The Kier molecular flexibility index (Phi) is 4.62. The number of aryl methyl sites for hydroxylation is 1. The summed E-state index contributed by atoms with van der Waals surface area (Å²) in [5, 5.41) is 12.3. The molecule has 0 saturated carbocycles. The molecule has 1 N–H and O–H groups in total. The van der Waals surface area contributed by atoms with Crippen LogP contribution in [0.4, 0.5) is 5.69 Å². The van der Waals surface area contributed by atoms with E-state index in [1.54, 1.807) is 19.2 Å². The van der Waals surface area contributed by atoms with Crippen LogP contribution in [0.1, 0.15) is 23.6 Å². The Morgan fingerprint density at radius 1 is 1.15 bits per heavy atom. The predicted molar refractivity (Wildman–Crippen MR) is 80.9 cm³/mol. The smallest absolute Gasteiger partial charge is 0.143 e. The van der Waals surface area contributed by atoms with E-state index in [4.69, 9.17) is 10.00 Å². The van der Waals surface area contributed by atoms with Crippen molar-refractivity contribution in [1.82, 2.24) is 0 Å². The number of methoxy groups -OCH3 is 1. The highest BCUT2D eigenvalue weighted by atomic mass is 16.5. The van der Waals surface area contributed by atoms with Crippen molar-refractivity contribution in [3.63, 3.8) is 0 Å². The van der Waals surface area contributed by atoms with Crippen LogP contribution in [0.5, 0.6) is 5.75 Å². The molecule has 0 heterocycles. The summed E-state index contributed by atoms with van der Waals surface area (Å²) in [4.78, 5) is 0. The molecule has 3 heteroatoms. The van der Waals surface area contributed by atoms with Crippen LogP contribution in [0.25, 0.3) is 0 Å². The normalized spacial score (nSPS) is 9.85. The van der Waals surface area contributed by atoms with Gasteiger partial charge in [-0.15, -0.1) is 0 Å². The first-order chi connectivity index (χ1) is 9.78. The van der Waals surface area contributed by atoms with Crippen LogP contribution < -0.4 is 10.1 Å². The number of anilines is 1. The van der Waals surface area contributed by atoms with Crippen molar-refractivity contribution in [2.75, 3.05) is 12.4 Å². The molecule has 0 saturated heterocycles. The molecule has 0 aliphatic rings. The minimum atomic E-state index is 0.598. The number of nitriles is 1. The molecule has 0 spiro atoms. The summed E-state index contributed by atoms with van der Waals surface area (Å²) in [7, 11) is 1.61. The average molecular weight is 266 g/mol. The molecular formula is C17H18N2O. The van der Waals surface area contributed by atoms with Gasteiger partial charge in [0.25, 0.3) is 0 Å². The van der Waals surface area contributed by atoms with Crippen molar-refractivity contribution in [1.29, 1.82) is 5.26 Å². The molecule has 0 radical (unpaired) electrons. The van der Waals surface area contributed by atoms with E-state index in [0.717, 1.165) is 18.7 Å². The van der Waals surface area contributed by atoms with E-state index in [0.29, 0.717) is 11.3 Å². The first kappa shape index (κ1) is 14.0. The standard InChI is InChI=1S/C17H18N2O/c1-3-14-6-4-5-7-15(14)12-19-16-9-8-13(11-18)10-17(16)20-2/h4-10,19H,3,12H2,1-2H3. The van der Waals surface area contributed by atoms with Gasteiger partial charge in [-0.05, 0) is 29.7 Å². The van der Waals surface area contributed by atoms with Gasteiger partial charge in [0.2, 0.25) is 0 Å². The number of benzene rings is 2. The first-order valence-electron chi connectivity index (χ1n) is 6.67. The molecule has 0 atom stereocenters. The molecule has 0 aromatic heterocycles. The third-order valence-corrected chi connectivity index (χ3v) is 3.30. The Morgan fingerprint density at radius 2 is 1.90 bits per heavy atom.